The number of rotatable bonds is 4. The Morgan fingerprint density at radius 3 is 2.29 bits per heavy atom. The Morgan fingerprint density at radius 2 is 2.00 bits per heavy atom. The zero-order valence-electron chi connectivity index (χ0n) is 8.10. The normalized spacial score (nSPS) is 16.1. The fourth-order valence-electron chi connectivity index (χ4n) is 0.999. The fourth-order valence-corrected chi connectivity index (χ4v) is 0.999. The van der Waals surface area contributed by atoms with Gasteiger partial charge in [0.15, 0.2) is 0 Å². The highest BCUT2D eigenvalue weighted by molar-refractivity contribution is 5.69. The van der Waals surface area contributed by atoms with Crippen molar-refractivity contribution >= 4 is 5.97 Å². The number of ether oxygens (including phenoxy) is 1. The first-order chi connectivity index (χ1) is 6.29. The molecule has 0 saturated heterocycles. The van der Waals surface area contributed by atoms with Crippen LogP contribution < -0.4 is 5.73 Å². The summed E-state index contributed by atoms with van der Waals surface area (Å²) >= 11 is 0. The maximum atomic E-state index is 12.3. The maximum Gasteiger partial charge on any atom is 0.393 e. The van der Waals surface area contributed by atoms with Crippen molar-refractivity contribution in [1.82, 2.24) is 0 Å². The molecule has 0 bridgehead atoms. The number of carbonyl (C=O) groups excluding carboxylic acids is 1. The van der Waals surface area contributed by atoms with Crippen molar-refractivity contribution in [3.05, 3.63) is 0 Å². The van der Waals surface area contributed by atoms with E-state index in [9.17, 15) is 18.0 Å². The molecule has 6 heteroatoms. The fraction of sp³-hybridized carbons (Fsp3) is 0.875. The molecule has 2 N–H and O–H groups in total. The Hall–Kier alpha value is -0.780. The van der Waals surface area contributed by atoms with Crippen LogP contribution in [0.5, 0.6) is 0 Å². The highest BCUT2D eigenvalue weighted by Gasteiger charge is 2.43. The highest BCUT2D eigenvalue weighted by atomic mass is 19.4. The predicted molar refractivity (Wildman–Crippen MR) is 44.4 cm³/mol. The molecule has 0 radical (unpaired) electrons. The Bertz CT molecular complexity index is 192. The van der Waals surface area contributed by atoms with Crippen LogP contribution in [0.15, 0.2) is 0 Å². The molecule has 0 aliphatic rings. The van der Waals surface area contributed by atoms with Gasteiger partial charge in [-0.1, -0.05) is 0 Å². The van der Waals surface area contributed by atoms with E-state index in [-0.39, 0.29) is 6.61 Å². The lowest BCUT2D eigenvalue weighted by Crippen LogP contribution is -2.39. The summed E-state index contributed by atoms with van der Waals surface area (Å²) < 4.78 is 41.3. The Balaban J connectivity index is 4.32. The third-order valence-electron chi connectivity index (χ3n) is 1.75. The number of hydrogen-bond acceptors (Lipinski definition) is 3. The second-order valence-corrected chi connectivity index (χ2v) is 3.02. The first-order valence-electron chi connectivity index (χ1n) is 4.27. The zero-order chi connectivity index (χ0) is 11.4. The molecule has 0 aromatic rings. The van der Waals surface area contributed by atoms with Crippen molar-refractivity contribution in [3.63, 3.8) is 0 Å². The highest BCUT2D eigenvalue weighted by Crippen LogP contribution is 2.30. The molecule has 2 atom stereocenters. The largest absolute Gasteiger partial charge is 0.466 e. The molecule has 2 unspecified atom stereocenters. The van der Waals surface area contributed by atoms with Gasteiger partial charge >= 0.3 is 12.1 Å². The van der Waals surface area contributed by atoms with Crippen LogP contribution in [0.4, 0.5) is 13.2 Å². The molecule has 0 aliphatic heterocycles. The topological polar surface area (TPSA) is 52.3 Å². The van der Waals surface area contributed by atoms with Gasteiger partial charge in [0.1, 0.15) is 0 Å². The summed E-state index contributed by atoms with van der Waals surface area (Å²) in [6, 6.07) is -1.11. The second kappa shape index (κ2) is 5.19. The third kappa shape index (κ3) is 4.45. The molecule has 3 nitrogen and oxygen atoms in total. The Kier molecular flexibility index (Phi) is 4.90. The van der Waals surface area contributed by atoms with E-state index in [1.165, 1.54) is 13.8 Å². The number of nitrogens with two attached hydrogens (primary N) is 1. The van der Waals surface area contributed by atoms with Crippen molar-refractivity contribution in [3.8, 4) is 0 Å². The SMILES string of the molecule is CCOC(=O)CC(C(C)N)C(F)(F)F. The molecule has 14 heavy (non-hydrogen) atoms. The van der Waals surface area contributed by atoms with Crippen LogP contribution in [-0.4, -0.2) is 24.8 Å². The van der Waals surface area contributed by atoms with Crippen LogP contribution in [0.2, 0.25) is 0 Å². The van der Waals surface area contributed by atoms with E-state index in [1.54, 1.807) is 0 Å². The summed E-state index contributed by atoms with van der Waals surface area (Å²) in [5.74, 6) is -2.70. The minimum absolute atomic E-state index is 0.0718. The van der Waals surface area contributed by atoms with E-state index >= 15 is 0 Å². The van der Waals surface area contributed by atoms with Crippen LogP contribution >= 0.6 is 0 Å². The maximum absolute atomic E-state index is 12.3. The smallest absolute Gasteiger partial charge is 0.393 e. The van der Waals surface area contributed by atoms with E-state index in [2.05, 4.69) is 4.74 Å². The monoisotopic (exact) mass is 213 g/mol. The van der Waals surface area contributed by atoms with Crippen molar-refractivity contribution in [2.24, 2.45) is 11.7 Å². The van der Waals surface area contributed by atoms with Crippen molar-refractivity contribution < 1.29 is 22.7 Å². The standard InChI is InChI=1S/C8H14F3NO2/c1-3-14-7(13)4-6(5(2)12)8(9,10)11/h5-6H,3-4,12H2,1-2H3. The predicted octanol–water partition coefficient (Wildman–Crippen LogP) is 1.47. The van der Waals surface area contributed by atoms with E-state index in [0.717, 1.165) is 0 Å². The number of carbonyl (C=O) groups is 1. The summed E-state index contributed by atoms with van der Waals surface area (Å²) in [7, 11) is 0. The van der Waals surface area contributed by atoms with Gasteiger partial charge in [0.05, 0.1) is 18.9 Å². The third-order valence-corrected chi connectivity index (χ3v) is 1.75. The lowest BCUT2D eigenvalue weighted by atomic mass is 9.98. The lowest BCUT2D eigenvalue weighted by molar-refractivity contribution is -0.188. The molecular formula is C8H14F3NO2. The van der Waals surface area contributed by atoms with E-state index in [1.807, 2.05) is 0 Å². The molecule has 0 spiro atoms. The van der Waals surface area contributed by atoms with Crippen molar-refractivity contribution in [1.29, 1.82) is 0 Å². The van der Waals surface area contributed by atoms with Gasteiger partial charge in [-0.15, -0.1) is 0 Å². The quantitative estimate of drug-likeness (QED) is 0.719. The molecule has 0 aromatic heterocycles. The second-order valence-electron chi connectivity index (χ2n) is 3.02. The molecule has 0 heterocycles. The van der Waals surface area contributed by atoms with Gasteiger partial charge in [-0.2, -0.15) is 13.2 Å². The van der Waals surface area contributed by atoms with Crippen LogP contribution in [0, 0.1) is 5.92 Å². The molecule has 0 rings (SSSR count). The van der Waals surface area contributed by atoms with Crippen LogP contribution in [0.25, 0.3) is 0 Å². The Labute approximate surface area is 80.4 Å². The molecular weight excluding hydrogens is 199 g/mol. The van der Waals surface area contributed by atoms with Gasteiger partial charge < -0.3 is 10.5 Å². The van der Waals surface area contributed by atoms with Crippen LogP contribution in [-0.2, 0) is 9.53 Å². The summed E-state index contributed by atoms with van der Waals surface area (Å²) in [5.41, 5.74) is 5.14. The minimum atomic E-state index is -4.46. The van der Waals surface area contributed by atoms with Gasteiger partial charge in [-0.3, -0.25) is 4.79 Å². The summed E-state index contributed by atoms with van der Waals surface area (Å²) in [6.45, 7) is 2.83. The first kappa shape index (κ1) is 13.2. The van der Waals surface area contributed by atoms with Gasteiger partial charge in [0, 0.05) is 6.04 Å². The van der Waals surface area contributed by atoms with E-state index < -0.39 is 30.5 Å². The number of alkyl halides is 3. The van der Waals surface area contributed by atoms with E-state index in [0.29, 0.717) is 0 Å². The van der Waals surface area contributed by atoms with E-state index in [4.69, 9.17) is 5.73 Å². The van der Waals surface area contributed by atoms with Crippen LogP contribution in [0.3, 0.4) is 0 Å². The Morgan fingerprint density at radius 1 is 1.50 bits per heavy atom. The number of hydrogen-bond donors (Lipinski definition) is 1. The molecule has 0 aromatic carbocycles. The first-order valence-corrected chi connectivity index (χ1v) is 4.27. The summed E-state index contributed by atoms with van der Waals surface area (Å²) in [6.07, 6.45) is -5.17. The van der Waals surface area contributed by atoms with Crippen LogP contribution in [0.1, 0.15) is 20.3 Å². The van der Waals surface area contributed by atoms with Crippen molar-refractivity contribution in [2.75, 3.05) is 6.61 Å². The zero-order valence-corrected chi connectivity index (χ0v) is 8.10. The summed E-state index contributed by atoms with van der Waals surface area (Å²) in [4.78, 5) is 10.8. The number of esters is 1. The van der Waals surface area contributed by atoms with Gasteiger partial charge in [-0.25, -0.2) is 0 Å². The average molecular weight is 213 g/mol. The number of halogens is 3. The van der Waals surface area contributed by atoms with Gasteiger partial charge in [0.25, 0.3) is 0 Å². The average Bonchev–Trinajstić information content (AvgIpc) is 1.98. The molecule has 0 fully saturated rings. The molecule has 0 amide bonds. The van der Waals surface area contributed by atoms with Gasteiger partial charge in [-0.05, 0) is 13.8 Å². The molecule has 0 saturated carbocycles. The minimum Gasteiger partial charge on any atom is -0.466 e. The molecule has 0 aliphatic carbocycles. The summed E-state index contributed by atoms with van der Waals surface area (Å²) in [5, 5.41) is 0. The molecule has 84 valence electrons. The lowest BCUT2D eigenvalue weighted by Gasteiger charge is -2.22. The van der Waals surface area contributed by atoms with Gasteiger partial charge in [0.2, 0.25) is 0 Å². The van der Waals surface area contributed by atoms with Crippen molar-refractivity contribution in [2.45, 2.75) is 32.5 Å².